The van der Waals surface area contributed by atoms with Crippen LogP contribution >= 0.6 is 15.9 Å². The quantitative estimate of drug-likeness (QED) is 0.652. The highest BCUT2D eigenvalue weighted by molar-refractivity contribution is 9.10. The predicted octanol–water partition coefficient (Wildman–Crippen LogP) is 4.40. The lowest BCUT2D eigenvalue weighted by molar-refractivity contribution is 0.112. The maximum absolute atomic E-state index is 13.9. The van der Waals surface area contributed by atoms with E-state index < -0.39 is 0 Å². The molecule has 0 aliphatic rings. The standard InChI is InChI=1S/C16H11BrFNO/c17-14-4-3-13(15(18)8-14)9-19-6-5-12-2-1-11(10-20)7-16(12)19/h1-8,10H,9H2. The molecule has 100 valence electrons. The highest BCUT2D eigenvalue weighted by Crippen LogP contribution is 2.21. The lowest BCUT2D eigenvalue weighted by atomic mass is 10.1. The summed E-state index contributed by atoms with van der Waals surface area (Å²) in [6.45, 7) is 0.435. The van der Waals surface area contributed by atoms with Crippen molar-refractivity contribution in [3.8, 4) is 0 Å². The molecule has 0 N–H and O–H groups in total. The molecular weight excluding hydrogens is 321 g/mol. The number of nitrogens with zero attached hydrogens (tertiary/aromatic N) is 1. The average Bonchev–Trinajstić information content (AvgIpc) is 2.84. The third-order valence-corrected chi connectivity index (χ3v) is 3.78. The molecule has 3 aromatic rings. The van der Waals surface area contributed by atoms with E-state index in [1.807, 2.05) is 35.0 Å². The van der Waals surface area contributed by atoms with Crippen LogP contribution in [-0.4, -0.2) is 10.9 Å². The number of benzene rings is 2. The van der Waals surface area contributed by atoms with Crippen LogP contribution in [0.15, 0.2) is 53.1 Å². The van der Waals surface area contributed by atoms with Crippen LogP contribution in [0.5, 0.6) is 0 Å². The number of carbonyl (C=O) groups is 1. The van der Waals surface area contributed by atoms with Gasteiger partial charge in [0, 0.05) is 27.3 Å². The topological polar surface area (TPSA) is 22.0 Å². The van der Waals surface area contributed by atoms with Crippen LogP contribution < -0.4 is 0 Å². The largest absolute Gasteiger partial charge is 0.343 e. The van der Waals surface area contributed by atoms with Crippen LogP contribution in [0.2, 0.25) is 0 Å². The van der Waals surface area contributed by atoms with Crippen LogP contribution in [-0.2, 0) is 6.54 Å². The second-order valence-electron chi connectivity index (χ2n) is 4.62. The third kappa shape index (κ3) is 2.39. The lowest BCUT2D eigenvalue weighted by Crippen LogP contribution is -2.00. The number of hydrogen-bond acceptors (Lipinski definition) is 1. The Morgan fingerprint density at radius 3 is 2.75 bits per heavy atom. The minimum Gasteiger partial charge on any atom is -0.343 e. The molecule has 2 nitrogen and oxygen atoms in total. The van der Waals surface area contributed by atoms with Gasteiger partial charge in [-0.15, -0.1) is 0 Å². The SMILES string of the molecule is O=Cc1ccc2ccn(Cc3ccc(Br)cc3F)c2c1. The van der Waals surface area contributed by atoms with Crippen LogP contribution in [0.1, 0.15) is 15.9 Å². The maximum Gasteiger partial charge on any atom is 0.150 e. The average molecular weight is 332 g/mol. The van der Waals surface area contributed by atoms with Gasteiger partial charge in [-0.3, -0.25) is 4.79 Å². The van der Waals surface area contributed by atoms with Crippen molar-refractivity contribution in [2.24, 2.45) is 0 Å². The second-order valence-corrected chi connectivity index (χ2v) is 5.53. The first-order valence-electron chi connectivity index (χ1n) is 6.15. The van der Waals surface area contributed by atoms with E-state index >= 15 is 0 Å². The summed E-state index contributed by atoms with van der Waals surface area (Å²) in [5.41, 5.74) is 2.16. The van der Waals surface area contributed by atoms with E-state index in [9.17, 15) is 9.18 Å². The summed E-state index contributed by atoms with van der Waals surface area (Å²) in [5, 5.41) is 1.04. The highest BCUT2D eigenvalue weighted by Gasteiger charge is 2.07. The van der Waals surface area contributed by atoms with Gasteiger partial charge in [0.2, 0.25) is 0 Å². The van der Waals surface area contributed by atoms with Gasteiger partial charge in [-0.1, -0.05) is 34.1 Å². The Kier molecular flexibility index (Phi) is 3.40. The normalized spacial score (nSPS) is 10.9. The Bertz CT molecular complexity index is 794. The van der Waals surface area contributed by atoms with E-state index in [0.717, 1.165) is 21.7 Å². The smallest absolute Gasteiger partial charge is 0.150 e. The monoisotopic (exact) mass is 331 g/mol. The van der Waals surface area contributed by atoms with Gasteiger partial charge in [-0.25, -0.2) is 4.39 Å². The van der Waals surface area contributed by atoms with E-state index in [2.05, 4.69) is 15.9 Å². The fraction of sp³-hybridized carbons (Fsp3) is 0.0625. The number of aldehydes is 1. The molecule has 1 heterocycles. The van der Waals surface area contributed by atoms with Gasteiger partial charge in [0.15, 0.2) is 0 Å². The molecule has 0 amide bonds. The van der Waals surface area contributed by atoms with Gasteiger partial charge in [-0.2, -0.15) is 0 Å². The molecule has 20 heavy (non-hydrogen) atoms. The summed E-state index contributed by atoms with van der Waals surface area (Å²) in [4.78, 5) is 10.9. The molecule has 0 radical (unpaired) electrons. The van der Waals surface area contributed by atoms with E-state index in [4.69, 9.17) is 0 Å². The number of carbonyl (C=O) groups excluding carboxylic acids is 1. The number of hydrogen-bond donors (Lipinski definition) is 0. The number of fused-ring (bicyclic) bond motifs is 1. The van der Waals surface area contributed by atoms with Crippen LogP contribution in [0.4, 0.5) is 4.39 Å². The molecule has 0 aliphatic carbocycles. The molecular formula is C16H11BrFNO. The molecule has 1 aromatic heterocycles. The summed E-state index contributed by atoms with van der Waals surface area (Å²) in [7, 11) is 0. The molecule has 0 aliphatic heterocycles. The summed E-state index contributed by atoms with van der Waals surface area (Å²) >= 11 is 3.25. The fourth-order valence-corrected chi connectivity index (χ4v) is 2.58. The van der Waals surface area contributed by atoms with Gasteiger partial charge < -0.3 is 4.57 Å². The van der Waals surface area contributed by atoms with Crippen LogP contribution in [0.3, 0.4) is 0 Å². The summed E-state index contributed by atoms with van der Waals surface area (Å²) in [5.74, 6) is -0.243. The molecule has 3 rings (SSSR count). The zero-order valence-electron chi connectivity index (χ0n) is 10.5. The van der Waals surface area contributed by atoms with E-state index in [-0.39, 0.29) is 5.82 Å². The lowest BCUT2D eigenvalue weighted by Gasteiger charge is -2.07. The van der Waals surface area contributed by atoms with Crippen molar-refractivity contribution in [1.29, 1.82) is 0 Å². The van der Waals surface area contributed by atoms with Crippen LogP contribution in [0.25, 0.3) is 10.9 Å². The Morgan fingerprint density at radius 1 is 1.15 bits per heavy atom. The van der Waals surface area contributed by atoms with Gasteiger partial charge in [-0.05, 0) is 29.7 Å². The predicted molar refractivity (Wildman–Crippen MR) is 80.5 cm³/mol. The minimum absolute atomic E-state index is 0.243. The van der Waals surface area contributed by atoms with Crippen molar-refractivity contribution >= 4 is 33.1 Å². The second kappa shape index (κ2) is 5.21. The van der Waals surface area contributed by atoms with E-state index in [0.29, 0.717) is 17.7 Å². The van der Waals surface area contributed by atoms with Gasteiger partial charge >= 0.3 is 0 Å². The number of halogens is 2. The fourth-order valence-electron chi connectivity index (χ4n) is 2.25. The number of rotatable bonds is 3. The first-order chi connectivity index (χ1) is 9.67. The molecule has 0 spiro atoms. The van der Waals surface area contributed by atoms with Crippen molar-refractivity contribution in [1.82, 2.24) is 4.57 Å². The molecule has 0 atom stereocenters. The molecule has 0 bridgehead atoms. The Morgan fingerprint density at radius 2 is 2.00 bits per heavy atom. The van der Waals surface area contributed by atoms with Crippen molar-refractivity contribution in [3.63, 3.8) is 0 Å². The summed E-state index contributed by atoms with van der Waals surface area (Å²) in [6.07, 6.45) is 2.72. The minimum atomic E-state index is -0.243. The zero-order chi connectivity index (χ0) is 14.1. The Balaban J connectivity index is 2.04. The van der Waals surface area contributed by atoms with Gasteiger partial charge in [0.25, 0.3) is 0 Å². The summed E-state index contributed by atoms with van der Waals surface area (Å²) < 4.78 is 16.5. The third-order valence-electron chi connectivity index (χ3n) is 3.29. The molecule has 0 fully saturated rings. The highest BCUT2D eigenvalue weighted by atomic mass is 79.9. The van der Waals surface area contributed by atoms with Crippen molar-refractivity contribution in [2.45, 2.75) is 6.54 Å². The zero-order valence-corrected chi connectivity index (χ0v) is 12.1. The van der Waals surface area contributed by atoms with Crippen molar-refractivity contribution in [3.05, 3.63) is 70.1 Å². The maximum atomic E-state index is 13.9. The summed E-state index contributed by atoms with van der Waals surface area (Å²) in [6, 6.07) is 12.5. The van der Waals surface area contributed by atoms with E-state index in [1.165, 1.54) is 6.07 Å². The van der Waals surface area contributed by atoms with Gasteiger partial charge in [0.05, 0.1) is 6.54 Å². The molecule has 0 unspecified atom stereocenters. The van der Waals surface area contributed by atoms with Crippen molar-refractivity contribution < 1.29 is 9.18 Å². The van der Waals surface area contributed by atoms with E-state index in [1.54, 1.807) is 12.1 Å². The molecule has 0 saturated carbocycles. The Hall–Kier alpha value is -1.94. The van der Waals surface area contributed by atoms with Crippen LogP contribution in [0, 0.1) is 5.82 Å². The molecule has 2 aromatic carbocycles. The number of aromatic nitrogens is 1. The van der Waals surface area contributed by atoms with Crippen molar-refractivity contribution in [2.75, 3.05) is 0 Å². The Labute approximate surface area is 124 Å². The molecule has 4 heteroatoms. The van der Waals surface area contributed by atoms with Gasteiger partial charge in [0.1, 0.15) is 12.1 Å². The first kappa shape index (κ1) is 13.1. The first-order valence-corrected chi connectivity index (χ1v) is 6.95. The molecule has 0 saturated heterocycles.